The molecule has 3 aromatic carbocycles. The number of aryl methyl sites for hydroxylation is 1. The number of hydrogen-bond acceptors (Lipinski definition) is 6. The summed E-state index contributed by atoms with van der Waals surface area (Å²) >= 11 is 0. The van der Waals surface area contributed by atoms with E-state index in [1.807, 2.05) is 30.3 Å². The largest absolute Gasteiger partial charge is 0.507 e. The summed E-state index contributed by atoms with van der Waals surface area (Å²) in [6, 6.07) is 21.7. The van der Waals surface area contributed by atoms with Crippen molar-refractivity contribution in [3.8, 4) is 22.9 Å². The van der Waals surface area contributed by atoms with Crippen LogP contribution in [0.2, 0.25) is 0 Å². The maximum Gasteiger partial charge on any atom is 0.165 e. The number of piperazine rings is 1. The number of methoxy groups -OCH3 is 1. The van der Waals surface area contributed by atoms with Gasteiger partial charge in [0.1, 0.15) is 17.3 Å². The number of nitrogens with zero attached hydrogens (tertiary/aromatic N) is 4. The number of aromatic nitrogens is 2. The Bertz CT molecular complexity index is 1270. The molecule has 0 saturated carbocycles. The first-order valence-electron chi connectivity index (χ1n) is 10.8. The monoisotopic (exact) mass is 426 g/mol. The van der Waals surface area contributed by atoms with Crippen molar-refractivity contribution in [1.29, 1.82) is 0 Å². The molecule has 1 aliphatic rings. The average Bonchev–Trinajstić information content (AvgIpc) is 2.83. The van der Waals surface area contributed by atoms with Crippen LogP contribution < -0.4 is 14.5 Å². The van der Waals surface area contributed by atoms with Crippen molar-refractivity contribution in [2.45, 2.75) is 6.92 Å². The van der Waals surface area contributed by atoms with Gasteiger partial charge in [-0.15, -0.1) is 0 Å². The summed E-state index contributed by atoms with van der Waals surface area (Å²) in [5, 5.41) is 11.4. The molecule has 1 aromatic heterocycles. The van der Waals surface area contributed by atoms with Crippen molar-refractivity contribution in [1.82, 2.24) is 9.97 Å². The smallest absolute Gasteiger partial charge is 0.165 e. The number of ether oxygens (including phenoxy) is 1. The maximum atomic E-state index is 10.4. The Morgan fingerprint density at radius 3 is 2.41 bits per heavy atom. The normalized spacial score (nSPS) is 14.1. The topological polar surface area (TPSA) is 61.7 Å². The van der Waals surface area contributed by atoms with Crippen LogP contribution in [0.4, 0.5) is 11.5 Å². The highest BCUT2D eigenvalue weighted by atomic mass is 16.5. The second-order valence-electron chi connectivity index (χ2n) is 8.08. The van der Waals surface area contributed by atoms with E-state index in [9.17, 15) is 5.11 Å². The lowest BCUT2D eigenvalue weighted by Crippen LogP contribution is -2.47. The number of para-hydroxylation sites is 1. The summed E-state index contributed by atoms with van der Waals surface area (Å²) in [6.45, 7) is 5.52. The number of phenolic OH excluding ortho intramolecular Hbond substituents is 1. The second-order valence-corrected chi connectivity index (χ2v) is 8.08. The number of fused-ring (bicyclic) bond motifs is 1. The molecular formula is C26H26N4O2. The van der Waals surface area contributed by atoms with E-state index in [1.54, 1.807) is 13.2 Å². The fourth-order valence-corrected chi connectivity index (χ4v) is 4.23. The Morgan fingerprint density at radius 2 is 1.62 bits per heavy atom. The molecule has 6 heteroatoms. The molecule has 1 N–H and O–H groups in total. The van der Waals surface area contributed by atoms with Gasteiger partial charge in [-0.05, 0) is 48.9 Å². The highest BCUT2D eigenvalue weighted by Crippen LogP contribution is 2.33. The summed E-state index contributed by atoms with van der Waals surface area (Å²) in [6.07, 6.45) is 0. The van der Waals surface area contributed by atoms with Crippen LogP contribution in [0.1, 0.15) is 5.56 Å². The van der Waals surface area contributed by atoms with Crippen LogP contribution in [0.25, 0.3) is 22.3 Å². The average molecular weight is 427 g/mol. The number of benzene rings is 3. The molecule has 0 aliphatic carbocycles. The first-order chi connectivity index (χ1) is 15.6. The van der Waals surface area contributed by atoms with Gasteiger partial charge >= 0.3 is 0 Å². The van der Waals surface area contributed by atoms with E-state index < -0.39 is 0 Å². The number of anilines is 2. The molecule has 1 fully saturated rings. The third kappa shape index (κ3) is 3.80. The molecule has 4 aromatic rings. The van der Waals surface area contributed by atoms with E-state index in [-0.39, 0.29) is 5.75 Å². The van der Waals surface area contributed by atoms with Crippen LogP contribution >= 0.6 is 0 Å². The summed E-state index contributed by atoms with van der Waals surface area (Å²) in [5.74, 6) is 2.52. The molecule has 2 heterocycles. The van der Waals surface area contributed by atoms with Gasteiger partial charge in [-0.1, -0.05) is 24.3 Å². The van der Waals surface area contributed by atoms with Crippen molar-refractivity contribution >= 4 is 22.4 Å². The Balaban J connectivity index is 1.49. The van der Waals surface area contributed by atoms with E-state index in [2.05, 4.69) is 47.1 Å². The first kappa shape index (κ1) is 20.1. The van der Waals surface area contributed by atoms with Gasteiger partial charge in [0, 0.05) is 43.3 Å². The summed E-state index contributed by atoms with van der Waals surface area (Å²) in [7, 11) is 1.70. The predicted octanol–water partition coefficient (Wildman–Crippen LogP) is 4.65. The Kier molecular flexibility index (Phi) is 5.27. The quantitative estimate of drug-likeness (QED) is 0.513. The summed E-state index contributed by atoms with van der Waals surface area (Å²) < 4.78 is 5.38. The van der Waals surface area contributed by atoms with E-state index in [0.717, 1.165) is 54.2 Å². The van der Waals surface area contributed by atoms with Crippen molar-refractivity contribution in [2.75, 3.05) is 43.1 Å². The van der Waals surface area contributed by atoms with Gasteiger partial charge in [-0.3, -0.25) is 0 Å². The number of hydrogen-bond donors (Lipinski definition) is 1. The molecule has 0 amide bonds. The molecule has 0 bridgehead atoms. The Hall–Kier alpha value is -3.80. The van der Waals surface area contributed by atoms with Gasteiger partial charge in [-0.25, -0.2) is 9.97 Å². The molecule has 162 valence electrons. The molecule has 6 nitrogen and oxygen atoms in total. The van der Waals surface area contributed by atoms with E-state index in [1.165, 1.54) is 5.69 Å². The van der Waals surface area contributed by atoms with Crippen molar-refractivity contribution in [3.05, 3.63) is 72.3 Å². The minimum absolute atomic E-state index is 0.188. The lowest BCUT2D eigenvalue weighted by atomic mass is 10.1. The van der Waals surface area contributed by atoms with Crippen LogP contribution in [0, 0.1) is 6.92 Å². The van der Waals surface area contributed by atoms with Crippen LogP contribution in [0.3, 0.4) is 0 Å². The second kappa shape index (κ2) is 8.38. The van der Waals surface area contributed by atoms with Crippen LogP contribution in [0.15, 0.2) is 66.7 Å². The predicted molar refractivity (Wildman–Crippen MR) is 129 cm³/mol. The molecular weight excluding hydrogens is 400 g/mol. The van der Waals surface area contributed by atoms with Crippen LogP contribution in [-0.2, 0) is 0 Å². The van der Waals surface area contributed by atoms with Crippen molar-refractivity contribution in [2.24, 2.45) is 0 Å². The molecule has 0 spiro atoms. The van der Waals surface area contributed by atoms with Gasteiger partial charge in [0.05, 0.1) is 18.2 Å². The minimum atomic E-state index is 0.188. The summed E-state index contributed by atoms with van der Waals surface area (Å²) in [5.41, 5.74) is 3.85. The van der Waals surface area contributed by atoms with Crippen LogP contribution in [0.5, 0.6) is 11.5 Å². The molecule has 0 radical (unpaired) electrons. The lowest BCUT2D eigenvalue weighted by molar-refractivity contribution is 0.414. The minimum Gasteiger partial charge on any atom is -0.507 e. The van der Waals surface area contributed by atoms with Crippen molar-refractivity contribution in [3.63, 3.8) is 0 Å². The van der Waals surface area contributed by atoms with Gasteiger partial charge in [0.25, 0.3) is 0 Å². The molecule has 0 unspecified atom stereocenters. The van der Waals surface area contributed by atoms with E-state index in [0.29, 0.717) is 11.4 Å². The summed E-state index contributed by atoms with van der Waals surface area (Å²) in [4.78, 5) is 14.4. The SMILES string of the molecule is COc1cccc(N2CCN(c3nc(-c4ccccc4O)nc4cc(C)ccc34)CC2)c1. The lowest BCUT2D eigenvalue weighted by Gasteiger charge is -2.37. The fourth-order valence-electron chi connectivity index (χ4n) is 4.23. The Labute approximate surface area is 187 Å². The molecule has 5 rings (SSSR count). The third-order valence-corrected chi connectivity index (χ3v) is 5.97. The number of phenols is 1. The standard InChI is InChI=1S/C26H26N4O2/c1-18-10-11-21-23(16-18)27-25(22-8-3-4-9-24(22)31)28-26(21)30-14-12-29(13-15-30)19-6-5-7-20(17-19)32-2/h3-11,16-17,31H,12-15H2,1-2H3. The van der Waals surface area contributed by atoms with Gasteiger partial charge in [0.2, 0.25) is 0 Å². The van der Waals surface area contributed by atoms with Gasteiger partial charge in [0.15, 0.2) is 5.82 Å². The Morgan fingerprint density at radius 1 is 0.844 bits per heavy atom. The number of rotatable bonds is 4. The molecule has 32 heavy (non-hydrogen) atoms. The van der Waals surface area contributed by atoms with Gasteiger partial charge in [-0.2, -0.15) is 0 Å². The zero-order chi connectivity index (χ0) is 22.1. The molecule has 1 aliphatic heterocycles. The first-order valence-corrected chi connectivity index (χ1v) is 10.8. The van der Waals surface area contributed by atoms with E-state index in [4.69, 9.17) is 14.7 Å². The number of aromatic hydroxyl groups is 1. The zero-order valence-electron chi connectivity index (χ0n) is 18.3. The van der Waals surface area contributed by atoms with Gasteiger partial charge < -0.3 is 19.6 Å². The zero-order valence-corrected chi connectivity index (χ0v) is 18.3. The van der Waals surface area contributed by atoms with Crippen molar-refractivity contribution < 1.29 is 9.84 Å². The maximum absolute atomic E-state index is 10.4. The fraction of sp³-hybridized carbons (Fsp3) is 0.231. The van der Waals surface area contributed by atoms with E-state index >= 15 is 0 Å². The highest BCUT2D eigenvalue weighted by Gasteiger charge is 2.22. The highest BCUT2D eigenvalue weighted by molar-refractivity contribution is 5.92. The van der Waals surface area contributed by atoms with Crippen LogP contribution in [-0.4, -0.2) is 48.4 Å². The molecule has 0 atom stereocenters. The third-order valence-electron chi connectivity index (χ3n) is 5.97. The molecule has 1 saturated heterocycles.